The van der Waals surface area contributed by atoms with Crippen molar-refractivity contribution >= 4 is 38.6 Å². The van der Waals surface area contributed by atoms with Gasteiger partial charge in [-0.3, -0.25) is 14.6 Å². The van der Waals surface area contributed by atoms with Gasteiger partial charge in [0.05, 0.1) is 18.7 Å². The minimum absolute atomic E-state index is 0.0304. The molecule has 1 unspecified atom stereocenters. The topological polar surface area (TPSA) is 92.9 Å². The van der Waals surface area contributed by atoms with Crippen LogP contribution in [0.1, 0.15) is 27.7 Å². The van der Waals surface area contributed by atoms with Crippen molar-refractivity contribution in [3.8, 4) is 5.75 Å². The van der Waals surface area contributed by atoms with Crippen molar-refractivity contribution in [2.24, 2.45) is 0 Å². The van der Waals surface area contributed by atoms with Crippen molar-refractivity contribution in [2.45, 2.75) is 12.6 Å². The number of ketones is 1. The maximum absolute atomic E-state index is 13.6. The number of furan rings is 1. The zero-order chi connectivity index (χ0) is 23.8. The van der Waals surface area contributed by atoms with Crippen LogP contribution in [-0.2, 0) is 11.3 Å². The van der Waals surface area contributed by atoms with Crippen LogP contribution in [0.5, 0.6) is 5.75 Å². The highest BCUT2D eigenvalue weighted by atomic mass is 79.9. The van der Waals surface area contributed by atoms with E-state index in [-0.39, 0.29) is 17.9 Å². The molecule has 1 aliphatic rings. The predicted octanol–water partition coefficient (Wildman–Crippen LogP) is 5.38. The average Bonchev–Trinajstić information content (AvgIpc) is 3.38. The van der Waals surface area contributed by atoms with Crippen molar-refractivity contribution in [3.05, 3.63) is 106 Å². The molecule has 0 saturated heterocycles. The van der Waals surface area contributed by atoms with E-state index in [1.54, 1.807) is 62.0 Å². The second kappa shape index (κ2) is 8.79. The molecule has 8 heteroatoms. The number of rotatable bonds is 6. The summed E-state index contributed by atoms with van der Waals surface area (Å²) < 4.78 is 11.9. The second-order valence-corrected chi connectivity index (χ2v) is 8.77. The molecular formula is C26H19BrN2O5. The van der Waals surface area contributed by atoms with Gasteiger partial charge in [0, 0.05) is 28.8 Å². The van der Waals surface area contributed by atoms with E-state index in [1.165, 1.54) is 4.90 Å². The van der Waals surface area contributed by atoms with Crippen LogP contribution < -0.4 is 4.74 Å². The van der Waals surface area contributed by atoms with Crippen LogP contribution in [0.25, 0.3) is 11.0 Å². The molecule has 7 nitrogen and oxygen atoms in total. The fourth-order valence-corrected chi connectivity index (χ4v) is 4.51. The first-order valence-electron chi connectivity index (χ1n) is 10.5. The van der Waals surface area contributed by atoms with Gasteiger partial charge in [0.25, 0.3) is 5.91 Å². The minimum atomic E-state index is -0.814. The molecule has 0 spiro atoms. The highest BCUT2D eigenvalue weighted by Gasteiger charge is 2.44. The lowest BCUT2D eigenvalue weighted by atomic mass is 9.94. The fraction of sp³-hybridized carbons (Fsp3) is 0.115. The van der Waals surface area contributed by atoms with E-state index < -0.39 is 23.5 Å². The van der Waals surface area contributed by atoms with Gasteiger partial charge >= 0.3 is 0 Å². The van der Waals surface area contributed by atoms with Gasteiger partial charge in [-0.15, -0.1) is 0 Å². The van der Waals surface area contributed by atoms with Crippen LogP contribution in [0.3, 0.4) is 0 Å². The van der Waals surface area contributed by atoms with Gasteiger partial charge in [0.1, 0.15) is 11.3 Å². The van der Waals surface area contributed by atoms with Crippen LogP contribution in [0.4, 0.5) is 0 Å². The number of ether oxygens (including phenoxy) is 1. The van der Waals surface area contributed by atoms with E-state index in [2.05, 4.69) is 20.9 Å². The molecule has 170 valence electrons. The quantitative estimate of drug-likeness (QED) is 0.344. The largest absolute Gasteiger partial charge is 0.503 e. The van der Waals surface area contributed by atoms with Gasteiger partial charge in [-0.2, -0.15) is 0 Å². The van der Waals surface area contributed by atoms with Crippen molar-refractivity contribution in [3.63, 3.8) is 0 Å². The van der Waals surface area contributed by atoms with Crippen LogP contribution in [0.15, 0.2) is 93.3 Å². The van der Waals surface area contributed by atoms with E-state index in [1.807, 2.05) is 18.2 Å². The molecule has 1 amide bonds. The molecule has 0 radical (unpaired) electrons. The van der Waals surface area contributed by atoms with E-state index in [4.69, 9.17) is 9.15 Å². The number of aliphatic hydroxyl groups excluding tert-OH is 1. The molecule has 5 rings (SSSR count). The SMILES string of the molecule is COc1ccc(C2C(C(=O)c3cc4cc(Br)ccc4o3)=C(O)C(=O)N2Cc2cccnc2)cc1. The number of hydrogen-bond acceptors (Lipinski definition) is 6. The Labute approximate surface area is 203 Å². The molecule has 0 fully saturated rings. The summed E-state index contributed by atoms with van der Waals surface area (Å²) in [5.41, 5.74) is 1.93. The second-order valence-electron chi connectivity index (χ2n) is 7.85. The van der Waals surface area contributed by atoms with Crippen LogP contribution >= 0.6 is 15.9 Å². The lowest BCUT2D eigenvalue weighted by Gasteiger charge is -2.26. The predicted molar refractivity (Wildman–Crippen MR) is 128 cm³/mol. The van der Waals surface area contributed by atoms with E-state index >= 15 is 0 Å². The number of aliphatic hydroxyl groups is 1. The summed E-state index contributed by atoms with van der Waals surface area (Å²) in [6, 6.07) is 16.8. The third kappa shape index (κ3) is 3.86. The van der Waals surface area contributed by atoms with Crippen LogP contribution in [0.2, 0.25) is 0 Å². The van der Waals surface area contributed by atoms with Crippen molar-refractivity contribution < 1.29 is 23.8 Å². The summed E-state index contributed by atoms with van der Waals surface area (Å²) in [4.78, 5) is 32.4. The lowest BCUT2D eigenvalue weighted by molar-refractivity contribution is -0.130. The average molecular weight is 519 g/mol. The Morgan fingerprint density at radius 1 is 1.18 bits per heavy atom. The van der Waals surface area contributed by atoms with Gasteiger partial charge in [-0.05, 0) is 53.6 Å². The Kier molecular flexibility index (Phi) is 5.67. The molecule has 1 atom stereocenters. The van der Waals surface area contributed by atoms with E-state index in [0.29, 0.717) is 16.9 Å². The van der Waals surface area contributed by atoms with Crippen molar-refractivity contribution in [1.82, 2.24) is 9.88 Å². The highest BCUT2D eigenvalue weighted by Crippen LogP contribution is 2.41. The highest BCUT2D eigenvalue weighted by molar-refractivity contribution is 9.10. The third-order valence-corrected chi connectivity index (χ3v) is 6.25. The summed E-state index contributed by atoms with van der Waals surface area (Å²) in [5.74, 6) is -1.09. The Hall–Kier alpha value is -3.91. The Morgan fingerprint density at radius 3 is 2.68 bits per heavy atom. The summed E-state index contributed by atoms with van der Waals surface area (Å²) in [5, 5.41) is 11.6. The number of carbonyl (C=O) groups excluding carboxylic acids is 2. The van der Waals surface area contributed by atoms with Crippen LogP contribution in [-0.4, -0.2) is 33.8 Å². The monoisotopic (exact) mass is 518 g/mol. The number of amides is 1. The smallest absolute Gasteiger partial charge is 0.290 e. The molecule has 0 saturated carbocycles. The molecule has 3 heterocycles. The number of aromatic nitrogens is 1. The summed E-state index contributed by atoms with van der Waals surface area (Å²) in [6.45, 7) is 0.164. The molecule has 1 aliphatic heterocycles. The molecule has 0 aliphatic carbocycles. The minimum Gasteiger partial charge on any atom is -0.503 e. The van der Waals surface area contributed by atoms with Gasteiger partial charge in [-0.1, -0.05) is 34.1 Å². The number of halogens is 1. The third-order valence-electron chi connectivity index (χ3n) is 5.76. The summed E-state index contributed by atoms with van der Waals surface area (Å²) in [6.07, 6.45) is 3.28. The maximum Gasteiger partial charge on any atom is 0.290 e. The summed E-state index contributed by atoms with van der Waals surface area (Å²) >= 11 is 3.41. The van der Waals surface area contributed by atoms with Crippen molar-refractivity contribution in [1.29, 1.82) is 0 Å². The number of hydrogen-bond donors (Lipinski definition) is 1. The molecule has 34 heavy (non-hydrogen) atoms. The Balaban J connectivity index is 1.59. The number of carbonyl (C=O) groups is 2. The Morgan fingerprint density at radius 2 is 1.97 bits per heavy atom. The zero-order valence-electron chi connectivity index (χ0n) is 18.1. The number of Topliss-reactive ketones (excluding diaryl/α,β-unsaturated/α-hetero) is 1. The van der Waals surface area contributed by atoms with Crippen LogP contribution in [0, 0.1) is 0 Å². The molecule has 2 aromatic carbocycles. The zero-order valence-corrected chi connectivity index (χ0v) is 19.7. The number of methoxy groups -OCH3 is 1. The molecule has 4 aromatic rings. The first-order valence-corrected chi connectivity index (χ1v) is 11.3. The fourth-order valence-electron chi connectivity index (χ4n) is 4.13. The normalized spacial score (nSPS) is 15.9. The molecule has 1 N–H and O–H groups in total. The molecule has 2 aromatic heterocycles. The van der Waals surface area contributed by atoms with Gasteiger partial charge in [0.15, 0.2) is 11.5 Å². The lowest BCUT2D eigenvalue weighted by Crippen LogP contribution is -2.30. The van der Waals surface area contributed by atoms with Gasteiger partial charge in [-0.25, -0.2) is 0 Å². The number of pyridine rings is 1. The standard InChI is InChI=1S/C26H19BrN2O5/c1-33-19-7-4-16(5-8-19)23-22(24(30)21-12-17-11-18(27)6-9-20(17)34-21)25(31)26(32)29(23)14-15-3-2-10-28-13-15/h2-13,23,31H,14H2,1H3. The van der Waals surface area contributed by atoms with Gasteiger partial charge in [0.2, 0.25) is 5.78 Å². The number of nitrogens with zero attached hydrogens (tertiary/aromatic N) is 2. The summed E-state index contributed by atoms with van der Waals surface area (Å²) in [7, 11) is 1.56. The first-order chi connectivity index (χ1) is 16.5. The Bertz CT molecular complexity index is 1430. The van der Waals surface area contributed by atoms with E-state index in [0.717, 1.165) is 15.4 Å². The number of benzene rings is 2. The van der Waals surface area contributed by atoms with E-state index in [9.17, 15) is 14.7 Å². The van der Waals surface area contributed by atoms with Gasteiger partial charge < -0.3 is 19.2 Å². The first kappa shape index (κ1) is 21.9. The maximum atomic E-state index is 13.6. The number of fused-ring (bicyclic) bond motifs is 1. The van der Waals surface area contributed by atoms with Crippen molar-refractivity contribution in [2.75, 3.05) is 7.11 Å². The molecule has 0 bridgehead atoms. The molecular weight excluding hydrogens is 500 g/mol.